The maximum atomic E-state index is 11.5. The number of aliphatic carboxylic acids is 1. The zero-order valence-corrected chi connectivity index (χ0v) is 10.2. The first kappa shape index (κ1) is 15.8. The van der Waals surface area contributed by atoms with Crippen LogP contribution in [-0.2, 0) is 9.59 Å². The van der Waals surface area contributed by atoms with Crippen molar-refractivity contribution in [2.24, 2.45) is 11.6 Å². The average Bonchev–Trinajstić information content (AvgIpc) is 2.25. The van der Waals surface area contributed by atoms with E-state index in [2.05, 4.69) is 17.2 Å². The van der Waals surface area contributed by atoms with Crippen LogP contribution in [0.3, 0.4) is 0 Å². The van der Waals surface area contributed by atoms with E-state index < -0.39 is 12.0 Å². The van der Waals surface area contributed by atoms with Crippen LogP contribution in [0.25, 0.3) is 0 Å². The Bertz CT molecular complexity index is 342. The number of nitrogens with two attached hydrogens (primary N) is 2. The molecule has 0 aliphatic carbocycles. The molecule has 18 heavy (non-hydrogen) atoms. The van der Waals surface area contributed by atoms with Crippen LogP contribution in [0.1, 0.15) is 6.42 Å². The third kappa shape index (κ3) is 6.38. The molecule has 1 unspecified atom stereocenters. The predicted molar refractivity (Wildman–Crippen MR) is 66.6 cm³/mol. The van der Waals surface area contributed by atoms with Crippen LogP contribution in [0.4, 0.5) is 0 Å². The van der Waals surface area contributed by atoms with Gasteiger partial charge in [-0.15, -0.1) is 0 Å². The van der Waals surface area contributed by atoms with Crippen LogP contribution in [0, 0.1) is 0 Å². The first-order valence-corrected chi connectivity index (χ1v) is 5.18. The van der Waals surface area contributed by atoms with Crippen molar-refractivity contribution in [3.63, 3.8) is 0 Å². The Morgan fingerprint density at radius 3 is 2.61 bits per heavy atom. The summed E-state index contributed by atoms with van der Waals surface area (Å²) in [6, 6.07) is -0.582. The first-order valence-electron chi connectivity index (χ1n) is 5.18. The monoisotopic (exact) mass is 257 g/mol. The lowest BCUT2D eigenvalue weighted by Crippen LogP contribution is -2.41. The van der Waals surface area contributed by atoms with Crippen molar-refractivity contribution in [3.8, 4) is 0 Å². The second-order valence-electron chi connectivity index (χ2n) is 3.51. The van der Waals surface area contributed by atoms with Gasteiger partial charge in [0, 0.05) is 25.4 Å². The highest BCUT2D eigenvalue weighted by Gasteiger charge is 2.16. The topological polar surface area (TPSA) is 134 Å². The number of carbonyl (C=O) groups excluding carboxylic acids is 1. The molecule has 0 heterocycles. The molecule has 0 saturated carbocycles. The van der Waals surface area contributed by atoms with Gasteiger partial charge in [0.25, 0.3) is 0 Å². The van der Waals surface area contributed by atoms with E-state index in [-0.39, 0.29) is 24.6 Å². The highest BCUT2D eigenvalue weighted by Crippen LogP contribution is 2.01. The van der Waals surface area contributed by atoms with Crippen molar-refractivity contribution in [2.75, 3.05) is 13.6 Å². The number of carbonyl (C=O) groups is 2. The lowest BCUT2D eigenvalue weighted by molar-refractivity contribution is -0.137. The second-order valence-corrected chi connectivity index (χ2v) is 3.51. The molecule has 0 fully saturated rings. The summed E-state index contributed by atoms with van der Waals surface area (Å²) in [6.07, 6.45) is 2.83. The van der Waals surface area contributed by atoms with Gasteiger partial charge in [0.1, 0.15) is 12.6 Å². The summed E-state index contributed by atoms with van der Waals surface area (Å²) in [6.45, 7) is 3.09. The molecule has 0 aromatic heterocycles. The summed E-state index contributed by atoms with van der Waals surface area (Å²) in [5, 5.41) is 14.6. The second kappa shape index (κ2) is 7.96. The van der Waals surface area contributed by atoms with Gasteiger partial charge in [0.05, 0.1) is 0 Å². The van der Waals surface area contributed by atoms with E-state index in [0.29, 0.717) is 0 Å². The number of carboxylic acids is 1. The summed E-state index contributed by atoms with van der Waals surface area (Å²) in [5.41, 5.74) is 5.95. The largest absolute Gasteiger partial charge is 0.480 e. The average molecular weight is 257 g/mol. The van der Waals surface area contributed by atoms with Gasteiger partial charge in [-0.25, -0.2) is 5.84 Å². The molecular weight excluding hydrogens is 238 g/mol. The number of hydrogen-bond donors (Lipinski definition) is 5. The molecule has 0 aliphatic heterocycles. The molecule has 0 spiro atoms. The third-order valence-electron chi connectivity index (χ3n) is 1.97. The van der Waals surface area contributed by atoms with Crippen molar-refractivity contribution in [1.82, 2.24) is 15.6 Å². The maximum Gasteiger partial charge on any atom is 0.324 e. The molecule has 102 valence electrons. The molecular formula is C10H19N5O3. The number of carboxylic acid groups (broad SMARTS) is 1. The lowest BCUT2D eigenvalue weighted by atomic mass is 10.1. The molecule has 0 aromatic rings. The zero-order valence-electron chi connectivity index (χ0n) is 10.2. The SMILES string of the molecule is C=CNC(C/C(N)=C/N(N)CC(=O)O)C(=O)NC. The van der Waals surface area contributed by atoms with Gasteiger partial charge < -0.3 is 26.5 Å². The van der Waals surface area contributed by atoms with Crippen LogP contribution >= 0.6 is 0 Å². The minimum Gasteiger partial charge on any atom is -0.480 e. The van der Waals surface area contributed by atoms with E-state index in [1.165, 1.54) is 19.4 Å². The van der Waals surface area contributed by atoms with E-state index in [1.807, 2.05) is 0 Å². The Morgan fingerprint density at radius 2 is 2.17 bits per heavy atom. The molecule has 0 bridgehead atoms. The van der Waals surface area contributed by atoms with Gasteiger partial charge in [-0.3, -0.25) is 9.59 Å². The molecule has 0 saturated heterocycles. The number of nitrogens with one attached hydrogen (secondary N) is 2. The van der Waals surface area contributed by atoms with E-state index in [4.69, 9.17) is 16.7 Å². The van der Waals surface area contributed by atoms with Crippen molar-refractivity contribution >= 4 is 11.9 Å². The Labute approximate surface area is 105 Å². The molecule has 1 amide bonds. The Hall–Kier alpha value is -2.22. The fourth-order valence-corrected chi connectivity index (χ4v) is 1.25. The van der Waals surface area contributed by atoms with Crippen LogP contribution in [0.15, 0.2) is 24.7 Å². The lowest BCUT2D eigenvalue weighted by Gasteiger charge is -2.17. The van der Waals surface area contributed by atoms with E-state index in [9.17, 15) is 9.59 Å². The molecule has 0 radical (unpaired) electrons. The van der Waals surface area contributed by atoms with Crippen LogP contribution in [0.2, 0.25) is 0 Å². The predicted octanol–water partition coefficient (Wildman–Crippen LogP) is -1.72. The fourth-order valence-electron chi connectivity index (χ4n) is 1.25. The van der Waals surface area contributed by atoms with Crippen molar-refractivity contribution in [1.29, 1.82) is 0 Å². The van der Waals surface area contributed by atoms with E-state index >= 15 is 0 Å². The van der Waals surface area contributed by atoms with Crippen LogP contribution < -0.4 is 22.2 Å². The first-order chi connectivity index (χ1) is 8.40. The van der Waals surface area contributed by atoms with Crippen molar-refractivity contribution < 1.29 is 14.7 Å². The number of hydrogen-bond acceptors (Lipinski definition) is 6. The van der Waals surface area contributed by atoms with Gasteiger partial charge in [-0.2, -0.15) is 0 Å². The maximum absolute atomic E-state index is 11.5. The molecule has 0 aliphatic rings. The highest BCUT2D eigenvalue weighted by molar-refractivity contribution is 5.81. The normalized spacial score (nSPS) is 12.4. The van der Waals surface area contributed by atoms with Gasteiger partial charge >= 0.3 is 5.97 Å². The van der Waals surface area contributed by atoms with Crippen LogP contribution in [0.5, 0.6) is 0 Å². The Kier molecular flexibility index (Phi) is 6.98. The third-order valence-corrected chi connectivity index (χ3v) is 1.97. The zero-order chi connectivity index (χ0) is 14.1. The van der Waals surface area contributed by atoms with Gasteiger partial charge in [-0.1, -0.05) is 6.58 Å². The number of likely N-dealkylation sites (N-methyl/N-ethyl adjacent to an activating group) is 1. The van der Waals surface area contributed by atoms with Crippen LogP contribution in [-0.4, -0.2) is 41.6 Å². The molecule has 0 rings (SSSR count). The summed E-state index contributed by atoms with van der Waals surface area (Å²) in [4.78, 5) is 21.8. The molecule has 8 nitrogen and oxygen atoms in total. The molecule has 0 aromatic carbocycles. The van der Waals surface area contributed by atoms with Gasteiger partial charge in [0.15, 0.2) is 0 Å². The number of amides is 1. The summed E-state index contributed by atoms with van der Waals surface area (Å²) >= 11 is 0. The van der Waals surface area contributed by atoms with Crippen molar-refractivity contribution in [2.45, 2.75) is 12.5 Å². The minimum atomic E-state index is -1.08. The standard InChI is InChI=1S/C10H19N5O3/c1-3-14-8(10(18)13-2)4-7(11)5-15(12)6-9(16)17/h3,5,8,14H,1,4,6,11-12H2,2H3,(H,13,18)(H,16,17)/b7-5-. The summed E-state index contributed by atoms with van der Waals surface area (Å²) in [7, 11) is 1.50. The Balaban J connectivity index is 4.52. The number of rotatable bonds is 8. The molecule has 7 N–H and O–H groups in total. The smallest absolute Gasteiger partial charge is 0.324 e. The van der Waals surface area contributed by atoms with E-state index in [0.717, 1.165) is 5.01 Å². The Morgan fingerprint density at radius 1 is 1.56 bits per heavy atom. The van der Waals surface area contributed by atoms with Gasteiger partial charge in [-0.05, 0) is 6.20 Å². The quantitative estimate of drug-likeness (QED) is 0.258. The highest BCUT2D eigenvalue weighted by atomic mass is 16.4. The van der Waals surface area contributed by atoms with Gasteiger partial charge in [0.2, 0.25) is 5.91 Å². The molecule has 8 heteroatoms. The summed E-state index contributed by atoms with van der Waals surface area (Å²) < 4.78 is 0. The summed E-state index contributed by atoms with van der Waals surface area (Å²) in [5.74, 6) is 4.06. The fraction of sp³-hybridized carbons (Fsp3) is 0.400. The number of nitrogens with zero attached hydrogens (tertiary/aromatic N) is 1. The number of hydrazine groups is 1. The van der Waals surface area contributed by atoms with Crippen molar-refractivity contribution in [3.05, 3.63) is 24.7 Å². The minimum absolute atomic E-state index is 0.180. The molecule has 1 atom stereocenters. The van der Waals surface area contributed by atoms with E-state index in [1.54, 1.807) is 0 Å².